The Balaban J connectivity index is 1.88. The Morgan fingerprint density at radius 3 is 2.43 bits per heavy atom. The number of piperidine rings is 1. The van der Waals surface area contributed by atoms with E-state index in [0.29, 0.717) is 17.7 Å². The summed E-state index contributed by atoms with van der Waals surface area (Å²) in [6, 6.07) is 0. The maximum Gasteiger partial charge on any atom is 0.228 e. The summed E-state index contributed by atoms with van der Waals surface area (Å²) >= 11 is 0. The van der Waals surface area contributed by atoms with E-state index in [1.807, 2.05) is 0 Å². The molecule has 21 heavy (non-hydrogen) atoms. The quantitative estimate of drug-likeness (QED) is 0.859. The molecule has 1 unspecified atom stereocenters. The summed E-state index contributed by atoms with van der Waals surface area (Å²) in [5, 5.41) is 3.45. The summed E-state index contributed by atoms with van der Waals surface area (Å²) in [5.74, 6) is 1.55. The van der Waals surface area contributed by atoms with E-state index in [-0.39, 0.29) is 5.41 Å². The number of hydrogen-bond donors (Lipinski definition) is 1. The molecule has 1 atom stereocenters. The second kappa shape index (κ2) is 7.10. The van der Waals surface area contributed by atoms with Gasteiger partial charge in [-0.25, -0.2) is 0 Å². The SMILES string of the molecule is CC(C)CN1CCN(C(=O)C(C)(C)C2CCCNC2)CC1. The second-order valence-corrected chi connectivity index (χ2v) is 7.75. The van der Waals surface area contributed by atoms with Gasteiger partial charge >= 0.3 is 0 Å². The van der Waals surface area contributed by atoms with Crippen LogP contribution in [0.25, 0.3) is 0 Å². The minimum Gasteiger partial charge on any atom is -0.340 e. The third-order valence-corrected chi connectivity index (χ3v) is 5.15. The zero-order chi connectivity index (χ0) is 15.5. The molecule has 0 aromatic rings. The molecule has 4 heteroatoms. The minimum absolute atomic E-state index is 0.229. The standard InChI is InChI=1S/C17H33N3O/c1-14(2)13-19-8-10-20(11-9-19)16(21)17(3,4)15-6-5-7-18-12-15/h14-15,18H,5-13H2,1-4H3. The van der Waals surface area contributed by atoms with Gasteiger partial charge in [0.05, 0.1) is 0 Å². The highest BCUT2D eigenvalue weighted by molar-refractivity contribution is 5.82. The van der Waals surface area contributed by atoms with Crippen molar-refractivity contribution < 1.29 is 4.79 Å². The molecular weight excluding hydrogens is 262 g/mol. The normalized spacial score (nSPS) is 25.4. The molecule has 2 aliphatic heterocycles. The van der Waals surface area contributed by atoms with Gasteiger partial charge < -0.3 is 10.2 Å². The van der Waals surface area contributed by atoms with Crippen molar-refractivity contribution >= 4 is 5.91 Å². The molecule has 122 valence electrons. The molecule has 0 spiro atoms. The van der Waals surface area contributed by atoms with Crippen LogP contribution in [-0.2, 0) is 4.79 Å². The zero-order valence-electron chi connectivity index (χ0n) is 14.3. The largest absolute Gasteiger partial charge is 0.340 e. The third-order valence-electron chi connectivity index (χ3n) is 5.15. The number of hydrogen-bond acceptors (Lipinski definition) is 3. The van der Waals surface area contributed by atoms with Crippen molar-refractivity contribution in [2.45, 2.75) is 40.5 Å². The van der Waals surface area contributed by atoms with Crippen LogP contribution >= 0.6 is 0 Å². The Labute approximate surface area is 130 Å². The highest BCUT2D eigenvalue weighted by atomic mass is 16.2. The zero-order valence-corrected chi connectivity index (χ0v) is 14.3. The average Bonchev–Trinajstić information content (AvgIpc) is 2.47. The third kappa shape index (κ3) is 4.19. The van der Waals surface area contributed by atoms with E-state index in [2.05, 4.69) is 42.8 Å². The van der Waals surface area contributed by atoms with Crippen molar-refractivity contribution in [3.8, 4) is 0 Å². The molecular formula is C17H33N3O. The summed E-state index contributed by atoms with van der Waals surface area (Å²) in [6.07, 6.45) is 2.38. The van der Waals surface area contributed by atoms with E-state index < -0.39 is 0 Å². The number of carbonyl (C=O) groups excluding carboxylic acids is 1. The number of nitrogens with zero attached hydrogens (tertiary/aromatic N) is 2. The topological polar surface area (TPSA) is 35.6 Å². The van der Waals surface area contributed by atoms with Crippen LogP contribution in [0.15, 0.2) is 0 Å². The first-order valence-electron chi connectivity index (χ1n) is 8.63. The van der Waals surface area contributed by atoms with Gasteiger partial charge in [0.15, 0.2) is 0 Å². The lowest BCUT2D eigenvalue weighted by Gasteiger charge is -2.42. The van der Waals surface area contributed by atoms with Crippen LogP contribution in [0.1, 0.15) is 40.5 Å². The summed E-state index contributed by atoms with van der Waals surface area (Å²) < 4.78 is 0. The number of carbonyl (C=O) groups is 1. The van der Waals surface area contributed by atoms with E-state index in [1.54, 1.807) is 0 Å². The van der Waals surface area contributed by atoms with Gasteiger partial charge in [0, 0.05) is 38.1 Å². The molecule has 0 aromatic heterocycles. The molecule has 1 N–H and O–H groups in total. The van der Waals surface area contributed by atoms with Crippen LogP contribution in [0.3, 0.4) is 0 Å². The molecule has 0 aromatic carbocycles. The molecule has 4 nitrogen and oxygen atoms in total. The maximum absolute atomic E-state index is 12.9. The lowest BCUT2D eigenvalue weighted by Crippen LogP contribution is -2.55. The fourth-order valence-electron chi connectivity index (χ4n) is 3.70. The van der Waals surface area contributed by atoms with Crippen LogP contribution in [0, 0.1) is 17.3 Å². The average molecular weight is 295 g/mol. The van der Waals surface area contributed by atoms with Gasteiger partial charge in [-0.3, -0.25) is 9.69 Å². The van der Waals surface area contributed by atoms with Gasteiger partial charge in [-0.15, -0.1) is 0 Å². The predicted octanol–water partition coefficient (Wildman–Crippen LogP) is 1.81. The van der Waals surface area contributed by atoms with Crippen molar-refractivity contribution in [2.24, 2.45) is 17.3 Å². The van der Waals surface area contributed by atoms with Crippen LogP contribution < -0.4 is 5.32 Å². The fraction of sp³-hybridized carbons (Fsp3) is 0.941. The monoisotopic (exact) mass is 295 g/mol. The summed E-state index contributed by atoms with van der Waals surface area (Å²) in [5.41, 5.74) is -0.229. The molecule has 0 aliphatic carbocycles. The first kappa shape index (κ1) is 16.8. The Morgan fingerprint density at radius 1 is 1.24 bits per heavy atom. The van der Waals surface area contributed by atoms with Gasteiger partial charge in [-0.1, -0.05) is 27.7 Å². The molecule has 2 saturated heterocycles. The van der Waals surface area contributed by atoms with Crippen LogP contribution in [-0.4, -0.2) is 61.5 Å². The van der Waals surface area contributed by atoms with E-state index >= 15 is 0 Å². The number of nitrogens with one attached hydrogen (secondary N) is 1. The minimum atomic E-state index is -0.229. The molecule has 0 bridgehead atoms. The van der Waals surface area contributed by atoms with Gasteiger partial charge in [0.1, 0.15) is 0 Å². The smallest absolute Gasteiger partial charge is 0.228 e. The molecule has 2 heterocycles. The molecule has 2 fully saturated rings. The molecule has 2 aliphatic rings. The van der Waals surface area contributed by atoms with Crippen molar-refractivity contribution in [1.29, 1.82) is 0 Å². The van der Waals surface area contributed by atoms with E-state index in [4.69, 9.17) is 0 Å². The first-order valence-corrected chi connectivity index (χ1v) is 8.63. The van der Waals surface area contributed by atoms with Crippen molar-refractivity contribution in [1.82, 2.24) is 15.1 Å². The predicted molar refractivity (Wildman–Crippen MR) is 87.2 cm³/mol. The summed E-state index contributed by atoms with van der Waals surface area (Å²) in [4.78, 5) is 17.5. The Hall–Kier alpha value is -0.610. The molecule has 2 rings (SSSR count). The van der Waals surface area contributed by atoms with Crippen molar-refractivity contribution in [2.75, 3.05) is 45.8 Å². The highest BCUT2D eigenvalue weighted by Crippen LogP contribution is 2.34. The molecule has 1 amide bonds. The Bertz CT molecular complexity index is 340. The molecule has 0 radical (unpaired) electrons. The number of piperazine rings is 1. The first-order chi connectivity index (χ1) is 9.91. The van der Waals surface area contributed by atoms with Gasteiger partial charge in [-0.2, -0.15) is 0 Å². The van der Waals surface area contributed by atoms with Gasteiger partial charge in [0.2, 0.25) is 5.91 Å². The van der Waals surface area contributed by atoms with Crippen LogP contribution in [0.2, 0.25) is 0 Å². The van der Waals surface area contributed by atoms with E-state index in [0.717, 1.165) is 45.8 Å². The summed E-state index contributed by atoms with van der Waals surface area (Å²) in [6.45, 7) is 15.9. The van der Waals surface area contributed by atoms with E-state index in [1.165, 1.54) is 12.8 Å². The van der Waals surface area contributed by atoms with Crippen molar-refractivity contribution in [3.63, 3.8) is 0 Å². The fourth-order valence-corrected chi connectivity index (χ4v) is 3.70. The maximum atomic E-state index is 12.9. The van der Waals surface area contributed by atoms with Crippen molar-refractivity contribution in [3.05, 3.63) is 0 Å². The van der Waals surface area contributed by atoms with Gasteiger partial charge in [-0.05, 0) is 37.8 Å². The number of amides is 1. The second-order valence-electron chi connectivity index (χ2n) is 7.75. The highest BCUT2D eigenvalue weighted by Gasteiger charge is 2.40. The lowest BCUT2D eigenvalue weighted by molar-refractivity contribution is -0.145. The van der Waals surface area contributed by atoms with Gasteiger partial charge in [0.25, 0.3) is 0 Å². The number of rotatable bonds is 4. The lowest BCUT2D eigenvalue weighted by atomic mass is 9.74. The Kier molecular flexibility index (Phi) is 5.67. The Morgan fingerprint density at radius 2 is 1.90 bits per heavy atom. The molecule has 0 saturated carbocycles. The summed E-state index contributed by atoms with van der Waals surface area (Å²) in [7, 11) is 0. The van der Waals surface area contributed by atoms with Crippen LogP contribution in [0.5, 0.6) is 0 Å². The van der Waals surface area contributed by atoms with E-state index in [9.17, 15) is 4.79 Å². The van der Waals surface area contributed by atoms with Crippen LogP contribution in [0.4, 0.5) is 0 Å².